The number of hydrogen-bond donors (Lipinski definition) is 1. The molecule has 1 heterocycles. The molecular weight excluding hydrogens is 274 g/mol. The maximum Gasteiger partial charge on any atom is 0.328 e. The van der Waals surface area contributed by atoms with Crippen LogP contribution in [0, 0.1) is 5.92 Å². The number of carboxylic acid groups (broad SMARTS) is 1. The Morgan fingerprint density at radius 3 is 2.75 bits per heavy atom. The first-order valence-electron chi connectivity index (χ1n) is 6.90. The van der Waals surface area contributed by atoms with Crippen LogP contribution in [0.25, 0.3) is 6.08 Å². The molecule has 0 spiro atoms. The van der Waals surface area contributed by atoms with Gasteiger partial charge in [-0.1, -0.05) is 6.42 Å². The van der Waals surface area contributed by atoms with E-state index >= 15 is 0 Å². The van der Waals surface area contributed by atoms with E-state index in [9.17, 15) is 9.59 Å². The summed E-state index contributed by atoms with van der Waals surface area (Å²) in [5, 5.41) is 8.59. The fourth-order valence-corrected chi connectivity index (χ4v) is 3.09. The molecule has 0 unspecified atom stereocenters. The van der Waals surface area contributed by atoms with Gasteiger partial charge < -0.3 is 10.0 Å². The summed E-state index contributed by atoms with van der Waals surface area (Å²) in [5.74, 6) is -0.268. The minimum absolute atomic E-state index is 0.0550. The number of nitrogens with zero attached hydrogens (tertiary/aromatic N) is 1. The molecule has 0 atom stereocenters. The van der Waals surface area contributed by atoms with Crippen molar-refractivity contribution in [2.45, 2.75) is 26.2 Å². The zero-order chi connectivity index (χ0) is 14.5. The molecule has 1 aliphatic carbocycles. The van der Waals surface area contributed by atoms with Crippen LogP contribution in [-0.4, -0.2) is 35.0 Å². The smallest absolute Gasteiger partial charge is 0.328 e. The molecule has 1 amide bonds. The highest BCUT2D eigenvalue weighted by Gasteiger charge is 2.24. The van der Waals surface area contributed by atoms with E-state index in [4.69, 9.17) is 5.11 Å². The van der Waals surface area contributed by atoms with Gasteiger partial charge in [-0.25, -0.2) is 4.79 Å². The SMILES string of the molecule is CCN(CC1CCC1)C(=O)c1ccc(/C=C/C(=O)O)s1. The summed E-state index contributed by atoms with van der Waals surface area (Å²) in [5.41, 5.74) is 0. The van der Waals surface area contributed by atoms with Crippen molar-refractivity contribution in [3.63, 3.8) is 0 Å². The van der Waals surface area contributed by atoms with Gasteiger partial charge in [-0.3, -0.25) is 4.79 Å². The van der Waals surface area contributed by atoms with E-state index in [0.29, 0.717) is 17.3 Å². The van der Waals surface area contributed by atoms with Crippen molar-refractivity contribution >= 4 is 29.3 Å². The fraction of sp³-hybridized carbons (Fsp3) is 0.467. The number of thiophene rings is 1. The Balaban J connectivity index is 2.01. The van der Waals surface area contributed by atoms with E-state index < -0.39 is 5.97 Å². The lowest BCUT2D eigenvalue weighted by molar-refractivity contribution is -0.131. The molecule has 1 N–H and O–H groups in total. The molecule has 1 fully saturated rings. The molecule has 5 heteroatoms. The van der Waals surface area contributed by atoms with Crippen LogP contribution < -0.4 is 0 Å². The van der Waals surface area contributed by atoms with Crippen LogP contribution in [-0.2, 0) is 4.79 Å². The third kappa shape index (κ3) is 3.70. The maximum absolute atomic E-state index is 12.4. The normalized spacial score (nSPS) is 15.2. The molecule has 1 saturated carbocycles. The predicted molar refractivity (Wildman–Crippen MR) is 79.9 cm³/mol. The van der Waals surface area contributed by atoms with Gasteiger partial charge in [0.2, 0.25) is 0 Å². The van der Waals surface area contributed by atoms with Crippen LogP contribution in [0.15, 0.2) is 18.2 Å². The zero-order valence-corrected chi connectivity index (χ0v) is 12.4. The molecule has 108 valence electrons. The maximum atomic E-state index is 12.4. The summed E-state index contributed by atoms with van der Waals surface area (Å²) in [6, 6.07) is 3.56. The molecule has 2 rings (SSSR count). The van der Waals surface area contributed by atoms with Crippen LogP contribution in [0.4, 0.5) is 0 Å². The van der Waals surface area contributed by atoms with Gasteiger partial charge in [0.1, 0.15) is 0 Å². The lowest BCUT2D eigenvalue weighted by atomic mass is 9.85. The van der Waals surface area contributed by atoms with Crippen molar-refractivity contribution < 1.29 is 14.7 Å². The van der Waals surface area contributed by atoms with Gasteiger partial charge >= 0.3 is 5.97 Å². The van der Waals surface area contributed by atoms with E-state index in [1.54, 1.807) is 12.1 Å². The minimum Gasteiger partial charge on any atom is -0.478 e. The average Bonchev–Trinajstić information content (AvgIpc) is 2.83. The molecule has 20 heavy (non-hydrogen) atoms. The first-order valence-corrected chi connectivity index (χ1v) is 7.72. The van der Waals surface area contributed by atoms with E-state index in [2.05, 4.69) is 0 Å². The van der Waals surface area contributed by atoms with Crippen molar-refractivity contribution in [1.29, 1.82) is 0 Å². The highest BCUT2D eigenvalue weighted by Crippen LogP contribution is 2.28. The fourth-order valence-electron chi connectivity index (χ4n) is 2.21. The Morgan fingerprint density at radius 1 is 1.45 bits per heavy atom. The standard InChI is InChI=1S/C15H19NO3S/c1-2-16(10-11-4-3-5-11)15(19)13-8-6-12(20-13)7-9-14(17)18/h6-9,11H,2-5,10H2,1H3,(H,17,18)/b9-7+. The Hall–Kier alpha value is -1.62. The second kappa shape index (κ2) is 6.70. The van der Waals surface area contributed by atoms with Crippen molar-refractivity contribution in [2.75, 3.05) is 13.1 Å². The van der Waals surface area contributed by atoms with Gasteiger partial charge in [0.15, 0.2) is 0 Å². The molecule has 1 aromatic heterocycles. The molecular formula is C15H19NO3S. The van der Waals surface area contributed by atoms with Crippen molar-refractivity contribution in [1.82, 2.24) is 4.90 Å². The van der Waals surface area contributed by atoms with E-state index in [0.717, 1.165) is 17.5 Å². The Bertz CT molecular complexity index is 517. The number of rotatable bonds is 6. The number of amides is 1. The predicted octanol–water partition coefficient (Wildman–Crippen LogP) is 3.11. The molecule has 0 radical (unpaired) electrons. The minimum atomic E-state index is -0.980. The topological polar surface area (TPSA) is 57.6 Å². The monoisotopic (exact) mass is 293 g/mol. The lowest BCUT2D eigenvalue weighted by Crippen LogP contribution is -2.36. The molecule has 4 nitrogen and oxygen atoms in total. The second-order valence-corrected chi connectivity index (χ2v) is 6.13. The molecule has 0 aromatic carbocycles. The Labute approximate surface area is 122 Å². The first-order chi connectivity index (χ1) is 9.60. The third-order valence-corrected chi connectivity index (χ3v) is 4.64. The summed E-state index contributed by atoms with van der Waals surface area (Å²) in [7, 11) is 0. The number of aliphatic carboxylic acids is 1. The van der Waals surface area contributed by atoms with Crippen LogP contribution in [0.3, 0.4) is 0 Å². The van der Waals surface area contributed by atoms with Crippen molar-refractivity contribution in [3.05, 3.63) is 28.0 Å². The van der Waals surface area contributed by atoms with Gasteiger partial charge in [-0.05, 0) is 43.9 Å². The molecule has 1 aliphatic rings. The van der Waals surface area contributed by atoms with Gasteiger partial charge in [0.25, 0.3) is 5.91 Å². The van der Waals surface area contributed by atoms with Gasteiger partial charge in [-0.15, -0.1) is 11.3 Å². The number of hydrogen-bond acceptors (Lipinski definition) is 3. The highest BCUT2D eigenvalue weighted by atomic mass is 32.1. The van der Waals surface area contributed by atoms with Crippen LogP contribution in [0.1, 0.15) is 40.7 Å². The van der Waals surface area contributed by atoms with Gasteiger partial charge in [0.05, 0.1) is 4.88 Å². The first kappa shape index (κ1) is 14.8. The second-order valence-electron chi connectivity index (χ2n) is 5.01. The lowest BCUT2D eigenvalue weighted by Gasteiger charge is -2.31. The zero-order valence-electron chi connectivity index (χ0n) is 11.5. The van der Waals surface area contributed by atoms with Crippen molar-refractivity contribution in [2.24, 2.45) is 5.92 Å². The number of carbonyl (C=O) groups excluding carboxylic acids is 1. The Kier molecular flexibility index (Phi) is 4.95. The third-order valence-electron chi connectivity index (χ3n) is 3.60. The van der Waals surface area contributed by atoms with E-state index in [-0.39, 0.29) is 5.91 Å². The average molecular weight is 293 g/mol. The summed E-state index contributed by atoms with van der Waals surface area (Å²) >= 11 is 1.34. The van der Waals surface area contributed by atoms with Crippen molar-refractivity contribution in [3.8, 4) is 0 Å². The van der Waals surface area contributed by atoms with E-state index in [1.807, 2.05) is 11.8 Å². The summed E-state index contributed by atoms with van der Waals surface area (Å²) in [4.78, 5) is 26.2. The Morgan fingerprint density at radius 2 is 2.20 bits per heavy atom. The summed E-state index contributed by atoms with van der Waals surface area (Å²) < 4.78 is 0. The van der Waals surface area contributed by atoms with E-state index in [1.165, 1.54) is 36.7 Å². The van der Waals surface area contributed by atoms with Gasteiger partial charge in [0, 0.05) is 24.0 Å². The number of carboxylic acids is 1. The molecule has 0 bridgehead atoms. The van der Waals surface area contributed by atoms with Gasteiger partial charge in [-0.2, -0.15) is 0 Å². The highest BCUT2D eigenvalue weighted by molar-refractivity contribution is 7.14. The van der Waals surface area contributed by atoms with Crippen LogP contribution in [0.2, 0.25) is 0 Å². The molecule has 1 aromatic rings. The van der Waals surface area contributed by atoms with Crippen LogP contribution in [0.5, 0.6) is 0 Å². The molecule has 0 aliphatic heterocycles. The number of carbonyl (C=O) groups is 2. The summed E-state index contributed by atoms with van der Waals surface area (Å²) in [6.07, 6.45) is 6.33. The largest absolute Gasteiger partial charge is 0.478 e. The van der Waals surface area contributed by atoms with Crippen LogP contribution >= 0.6 is 11.3 Å². The summed E-state index contributed by atoms with van der Waals surface area (Å²) in [6.45, 7) is 3.55. The molecule has 0 saturated heterocycles. The quantitative estimate of drug-likeness (QED) is 0.820.